The lowest BCUT2D eigenvalue weighted by molar-refractivity contribution is 0.841. The molecular formula is C10H7ClN4. The van der Waals surface area contributed by atoms with Gasteiger partial charge in [-0.3, -0.25) is 0 Å². The number of pyridine rings is 1. The Balaban J connectivity index is 2.63. The zero-order valence-corrected chi connectivity index (χ0v) is 8.73. The first kappa shape index (κ1) is 8.61. The second-order valence-electron chi connectivity index (χ2n) is 3.44. The highest BCUT2D eigenvalue weighted by molar-refractivity contribution is 6.31. The molecule has 15 heavy (non-hydrogen) atoms. The molecule has 3 aromatic rings. The van der Waals surface area contributed by atoms with Crippen molar-refractivity contribution in [1.82, 2.24) is 20.0 Å². The number of fused-ring (bicyclic) bond motifs is 3. The third kappa shape index (κ3) is 1.18. The van der Waals surface area contributed by atoms with Gasteiger partial charge in [-0.25, -0.2) is 0 Å². The molecule has 1 aromatic carbocycles. The van der Waals surface area contributed by atoms with Gasteiger partial charge in [-0.1, -0.05) is 17.7 Å². The van der Waals surface area contributed by atoms with Crippen LogP contribution in [0.15, 0.2) is 24.3 Å². The molecule has 0 spiro atoms. The lowest BCUT2D eigenvalue weighted by Crippen LogP contribution is -1.92. The predicted octanol–water partition coefficient (Wildman–Crippen LogP) is 2.24. The van der Waals surface area contributed by atoms with Gasteiger partial charge in [0.25, 0.3) is 0 Å². The molecule has 2 aromatic heterocycles. The highest BCUT2D eigenvalue weighted by Crippen LogP contribution is 2.22. The van der Waals surface area contributed by atoms with Gasteiger partial charge in [0.05, 0.1) is 5.52 Å². The molecule has 3 rings (SSSR count). The Bertz CT molecular complexity index is 659. The van der Waals surface area contributed by atoms with Crippen LogP contribution < -0.4 is 0 Å². The van der Waals surface area contributed by atoms with Crippen LogP contribution >= 0.6 is 11.6 Å². The van der Waals surface area contributed by atoms with Crippen LogP contribution in [0, 0.1) is 6.92 Å². The van der Waals surface area contributed by atoms with Crippen LogP contribution in [0.5, 0.6) is 0 Å². The smallest absolute Gasteiger partial charge is 0.180 e. The van der Waals surface area contributed by atoms with E-state index in [-0.39, 0.29) is 0 Å². The van der Waals surface area contributed by atoms with Crippen LogP contribution in [0.25, 0.3) is 16.6 Å². The van der Waals surface area contributed by atoms with E-state index in [0.717, 1.165) is 22.1 Å². The van der Waals surface area contributed by atoms with Crippen LogP contribution in [0.1, 0.15) is 5.56 Å². The number of hydrogen-bond donors (Lipinski definition) is 0. The number of tetrazole rings is 1. The Hall–Kier alpha value is -1.68. The number of hydrogen-bond acceptors (Lipinski definition) is 3. The van der Waals surface area contributed by atoms with Crippen LogP contribution in [0.2, 0.25) is 5.02 Å². The summed E-state index contributed by atoms with van der Waals surface area (Å²) in [5.41, 5.74) is 2.81. The van der Waals surface area contributed by atoms with Gasteiger partial charge in [-0.15, -0.1) is 5.10 Å². The number of aryl methyl sites for hydroxylation is 1. The summed E-state index contributed by atoms with van der Waals surface area (Å²) in [5.74, 6) is 0. The Kier molecular flexibility index (Phi) is 1.67. The summed E-state index contributed by atoms with van der Waals surface area (Å²) in [7, 11) is 0. The summed E-state index contributed by atoms with van der Waals surface area (Å²) in [6.45, 7) is 2.03. The van der Waals surface area contributed by atoms with E-state index in [2.05, 4.69) is 15.5 Å². The maximum Gasteiger partial charge on any atom is 0.180 e. The minimum atomic E-state index is 0.685. The first-order valence-corrected chi connectivity index (χ1v) is 4.90. The van der Waals surface area contributed by atoms with Gasteiger partial charge in [0, 0.05) is 10.4 Å². The molecule has 0 aliphatic heterocycles. The molecule has 0 aliphatic rings. The van der Waals surface area contributed by atoms with E-state index in [0.29, 0.717) is 5.02 Å². The number of nitrogens with zero attached hydrogens (tertiary/aromatic N) is 4. The van der Waals surface area contributed by atoms with E-state index < -0.39 is 0 Å². The molecule has 0 fully saturated rings. The van der Waals surface area contributed by atoms with Crippen molar-refractivity contribution in [3.8, 4) is 0 Å². The minimum Gasteiger partial charge on any atom is -0.193 e. The van der Waals surface area contributed by atoms with E-state index in [4.69, 9.17) is 11.6 Å². The summed E-state index contributed by atoms with van der Waals surface area (Å²) in [6.07, 6.45) is 0. The van der Waals surface area contributed by atoms with Crippen molar-refractivity contribution in [3.05, 3.63) is 34.9 Å². The largest absolute Gasteiger partial charge is 0.193 e. The summed E-state index contributed by atoms with van der Waals surface area (Å²) in [5, 5.41) is 13.3. The van der Waals surface area contributed by atoms with Gasteiger partial charge in [0.15, 0.2) is 5.65 Å². The topological polar surface area (TPSA) is 43.1 Å². The van der Waals surface area contributed by atoms with Crippen molar-refractivity contribution in [2.45, 2.75) is 6.92 Å². The second kappa shape index (κ2) is 2.90. The number of aromatic nitrogens is 4. The van der Waals surface area contributed by atoms with Gasteiger partial charge < -0.3 is 0 Å². The molecule has 0 unspecified atom stereocenters. The minimum absolute atomic E-state index is 0.685. The van der Waals surface area contributed by atoms with Crippen LogP contribution in [0.3, 0.4) is 0 Å². The fourth-order valence-electron chi connectivity index (χ4n) is 1.74. The maximum absolute atomic E-state index is 5.96. The molecule has 74 valence electrons. The molecule has 0 saturated carbocycles. The Morgan fingerprint density at radius 2 is 2.13 bits per heavy atom. The third-order valence-electron chi connectivity index (χ3n) is 2.45. The molecule has 0 aliphatic carbocycles. The van der Waals surface area contributed by atoms with E-state index in [9.17, 15) is 0 Å². The molecule has 2 heterocycles. The lowest BCUT2D eigenvalue weighted by Gasteiger charge is -2.03. The highest BCUT2D eigenvalue weighted by Gasteiger charge is 2.06. The fraction of sp³-hybridized carbons (Fsp3) is 0.100. The molecule has 0 bridgehead atoms. The van der Waals surface area contributed by atoms with E-state index in [1.54, 1.807) is 4.52 Å². The molecule has 0 radical (unpaired) electrons. The van der Waals surface area contributed by atoms with E-state index >= 15 is 0 Å². The van der Waals surface area contributed by atoms with Gasteiger partial charge in [-0.05, 0) is 41.1 Å². The van der Waals surface area contributed by atoms with Crippen molar-refractivity contribution in [1.29, 1.82) is 0 Å². The van der Waals surface area contributed by atoms with Gasteiger partial charge >= 0.3 is 0 Å². The summed E-state index contributed by atoms with van der Waals surface area (Å²) in [6, 6.07) is 7.67. The number of rotatable bonds is 0. The first-order valence-electron chi connectivity index (χ1n) is 4.53. The molecule has 4 nitrogen and oxygen atoms in total. The number of benzene rings is 1. The van der Waals surface area contributed by atoms with Crippen LogP contribution in [-0.4, -0.2) is 20.0 Å². The molecule has 0 amide bonds. The van der Waals surface area contributed by atoms with Crippen molar-refractivity contribution in [3.63, 3.8) is 0 Å². The van der Waals surface area contributed by atoms with E-state index in [1.165, 1.54) is 0 Å². The van der Waals surface area contributed by atoms with E-state index in [1.807, 2.05) is 31.2 Å². The van der Waals surface area contributed by atoms with Gasteiger partial charge in [0.1, 0.15) is 0 Å². The van der Waals surface area contributed by atoms with Crippen molar-refractivity contribution >= 4 is 28.2 Å². The zero-order chi connectivity index (χ0) is 10.4. The first-order chi connectivity index (χ1) is 7.25. The summed E-state index contributed by atoms with van der Waals surface area (Å²) in [4.78, 5) is 0. The van der Waals surface area contributed by atoms with Crippen molar-refractivity contribution < 1.29 is 0 Å². The standard InChI is InChI=1S/C10H7ClN4/c1-6-4-10-12-13-14-15(10)9-5-7(11)2-3-8(6)9/h2-5H,1H3. The molecule has 0 N–H and O–H groups in total. The fourth-order valence-corrected chi connectivity index (χ4v) is 1.91. The second-order valence-corrected chi connectivity index (χ2v) is 3.87. The normalized spacial score (nSPS) is 11.3. The van der Waals surface area contributed by atoms with Crippen LogP contribution in [0.4, 0.5) is 0 Å². The van der Waals surface area contributed by atoms with Crippen LogP contribution in [-0.2, 0) is 0 Å². The summed E-state index contributed by atoms with van der Waals surface area (Å²) < 4.78 is 1.69. The van der Waals surface area contributed by atoms with Crippen molar-refractivity contribution in [2.24, 2.45) is 0 Å². The highest BCUT2D eigenvalue weighted by atomic mass is 35.5. The Labute approximate surface area is 90.5 Å². The van der Waals surface area contributed by atoms with Crippen molar-refractivity contribution in [2.75, 3.05) is 0 Å². The number of halogens is 1. The summed E-state index contributed by atoms with van der Waals surface area (Å²) >= 11 is 5.96. The van der Waals surface area contributed by atoms with Gasteiger partial charge in [-0.2, -0.15) is 4.52 Å². The average Bonchev–Trinajstić information content (AvgIpc) is 2.65. The molecule has 0 saturated heterocycles. The molecular weight excluding hydrogens is 212 g/mol. The molecule has 0 atom stereocenters. The Morgan fingerprint density at radius 3 is 3.00 bits per heavy atom. The monoisotopic (exact) mass is 218 g/mol. The average molecular weight is 219 g/mol. The predicted molar refractivity (Wildman–Crippen MR) is 58.0 cm³/mol. The lowest BCUT2D eigenvalue weighted by atomic mass is 10.1. The Morgan fingerprint density at radius 1 is 1.27 bits per heavy atom. The SMILES string of the molecule is Cc1cc2nnnn2c2cc(Cl)ccc12. The third-order valence-corrected chi connectivity index (χ3v) is 2.69. The quantitative estimate of drug-likeness (QED) is 0.581. The maximum atomic E-state index is 5.96. The zero-order valence-electron chi connectivity index (χ0n) is 7.98. The van der Waals surface area contributed by atoms with Gasteiger partial charge in [0.2, 0.25) is 0 Å². The molecule has 5 heteroatoms.